The van der Waals surface area contributed by atoms with Crippen molar-refractivity contribution in [2.45, 2.75) is 109 Å². The Balaban J connectivity index is 2.02. The Labute approximate surface area is 133 Å². The zero-order chi connectivity index (χ0) is 15.8. The summed E-state index contributed by atoms with van der Waals surface area (Å²) in [6.07, 6.45) is 9.28. The van der Waals surface area contributed by atoms with Crippen molar-refractivity contribution in [3.8, 4) is 0 Å². The van der Waals surface area contributed by atoms with Crippen LogP contribution in [0.5, 0.6) is 0 Å². The van der Waals surface area contributed by atoms with Gasteiger partial charge in [-0.25, -0.2) is 0 Å². The summed E-state index contributed by atoms with van der Waals surface area (Å²) in [4.78, 5) is 0. The first-order valence-corrected chi connectivity index (χ1v) is 10.1. The van der Waals surface area contributed by atoms with Crippen molar-refractivity contribution in [2.75, 3.05) is 6.16 Å². The number of rotatable bonds is 7. The Morgan fingerprint density at radius 3 is 1.81 bits per heavy atom. The van der Waals surface area contributed by atoms with Gasteiger partial charge in [0.15, 0.2) is 0 Å². The summed E-state index contributed by atoms with van der Waals surface area (Å²) >= 11 is 0. The van der Waals surface area contributed by atoms with E-state index in [0.29, 0.717) is 0 Å². The van der Waals surface area contributed by atoms with Crippen LogP contribution in [0, 0.1) is 0 Å². The van der Waals surface area contributed by atoms with Crippen molar-refractivity contribution in [1.29, 1.82) is 0 Å². The Kier molecular flexibility index (Phi) is 5.14. The molecule has 1 saturated carbocycles. The van der Waals surface area contributed by atoms with E-state index >= 15 is 0 Å². The first-order chi connectivity index (χ1) is 9.72. The van der Waals surface area contributed by atoms with Crippen LogP contribution in [0.1, 0.15) is 86.5 Å². The monoisotopic (exact) mass is 314 g/mol. The molecule has 0 amide bonds. The van der Waals surface area contributed by atoms with E-state index in [9.17, 15) is 0 Å². The van der Waals surface area contributed by atoms with Crippen LogP contribution in [-0.2, 0) is 9.47 Å². The molecule has 1 atom stereocenters. The maximum Gasteiger partial charge on any atom is 0.0851 e. The first kappa shape index (κ1) is 17.7. The van der Waals surface area contributed by atoms with Crippen molar-refractivity contribution in [3.05, 3.63) is 0 Å². The third kappa shape index (κ3) is 3.82. The largest absolute Gasteiger partial charge is 0.369 e. The molecule has 3 rings (SSSR count). The molecule has 124 valence electrons. The number of ether oxygens (including phenoxy) is 2. The van der Waals surface area contributed by atoms with Gasteiger partial charge in [-0.3, -0.25) is 0 Å². The van der Waals surface area contributed by atoms with E-state index in [0.717, 1.165) is 27.8 Å². The quantitative estimate of drug-likeness (QED) is 0.579. The molecule has 0 N–H and O–H groups in total. The van der Waals surface area contributed by atoms with Crippen molar-refractivity contribution < 1.29 is 9.47 Å². The second-order valence-electron chi connectivity index (χ2n) is 8.01. The van der Waals surface area contributed by atoms with E-state index in [-0.39, 0.29) is 22.1 Å². The van der Waals surface area contributed by atoms with Crippen molar-refractivity contribution in [3.63, 3.8) is 0 Å². The second-order valence-corrected chi connectivity index (χ2v) is 9.62. The summed E-state index contributed by atoms with van der Waals surface area (Å²) in [6.45, 7) is 13.5. The van der Waals surface area contributed by atoms with Crippen LogP contribution in [-0.4, -0.2) is 28.3 Å². The van der Waals surface area contributed by atoms with Crippen molar-refractivity contribution in [1.82, 2.24) is 0 Å². The molecule has 21 heavy (non-hydrogen) atoms. The van der Waals surface area contributed by atoms with E-state index in [1.54, 1.807) is 0 Å². The summed E-state index contributed by atoms with van der Waals surface area (Å²) in [7, 11) is 0.902. The molecule has 2 bridgehead atoms. The zero-order valence-corrected chi connectivity index (χ0v) is 16.0. The Morgan fingerprint density at radius 2 is 1.43 bits per heavy atom. The van der Waals surface area contributed by atoms with Crippen LogP contribution >= 0.6 is 8.58 Å². The summed E-state index contributed by atoms with van der Waals surface area (Å²) in [5.74, 6) is 0. The summed E-state index contributed by atoms with van der Waals surface area (Å²) in [5.41, 5.74) is 0.235. The third-order valence-electron chi connectivity index (χ3n) is 5.98. The normalized spacial score (nSPS) is 34.6. The van der Waals surface area contributed by atoms with Crippen LogP contribution in [0.25, 0.3) is 0 Å². The molecule has 2 aliphatic heterocycles. The lowest BCUT2D eigenvalue weighted by atomic mass is 9.81. The molecule has 2 heterocycles. The first-order valence-electron chi connectivity index (χ1n) is 8.87. The minimum atomic E-state index is 0.0204. The lowest BCUT2D eigenvalue weighted by molar-refractivity contribution is -0.194. The van der Waals surface area contributed by atoms with Crippen LogP contribution in [0.15, 0.2) is 0 Å². The highest BCUT2D eigenvalue weighted by Crippen LogP contribution is 2.59. The Hall–Kier alpha value is 0.350. The summed E-state index contributed by atoms with van der Waals surface area (Å²) in [5, 5.41) is 0.166. The fraction of sp³-hybridized carbons (Fsp3) is 1.00. The Morgan fingerprint density at radius 1 is 0.857 bits per heavy atom. The zero-order valence-electron chi connectivity index (χ0n) is 15.0. The maximum atomic E-state index is 6.70. The number of hydrogen-bond donors (Lipinski definition) is 0. The van der Waals surface area contributed by atoms with E-state index < -0.39 is 0 Å². The van der Waals surface area contributed by atoms with Gasteiger partial charge in [0.05, 0.1) is 22.1 Å². The summed E-state index contributed by atoms with van der Waals surface area (Å²) < 4.78 is 13.3. The highest BCUT2D eigenvalue weighted by atomic mass is 31.1. The van der Waals surface area contributed by atoms with E-state index in [1.807, 2.05) is 0 Å². The van der Waals surface area contributed by atoms with Gasteiger partial charge in [0, 0.05) is 0 Å². The number of fused-ring (bicyclic) bond motifs is 3. The second kappa shape index (κ2) is 6.10. The molecule has 1 aliphatic carbocycles. The van der Waals surface area contributed by atoms with Gasteiger partial charge in [-0.15, -0.1) is 0 Å². The molecule has 3 aliphatic rings. The molecule has 0 radical (unpaired) electrons. The lowest BCUT2D eigenvalue weighted by Crippen LogP contribution is -2.56. The molecule has 2 saturated heterocycles. The molecule has 0 spiro atoms. The fourth-order valence-corrected chi connectivity index (χ4v) is 5.60. The van der Waals surface area contributed by atoms with E-state index in [4.69, 9.17) is 9.47 Å². The molecule has 3 fully saturated rings. The van der Waals surface area contributed by atoms with Crippen LogP contribution < -0.4 is 0 Å². The van der Waals surface area contributed by atoms with Crippen LogP contribution in [0.4, 0.5) is 0 Å². The standard InChI is InChI=1S/C18H35O2P/c1-7-15(4,5)19-18-12-10-17(11-13-18,14-21-18)20-16(6,8-2)9-3/h21H,7-14H2,1-6H3. The van der Waals surface area contributed by atoms with Gasteiger partial charge in [0.1, 0.15) is 0 Å². The van der Waals surface area contributed by atoms with E-state index in [2.05, 4.69) is 41.5 Å². The van der Waals surface area contributed by atoms with Gasteiger partial charge in [-0.1, -0.05) is 29.4 Å². The predicted octanol–water partition coefficient (Wildman–Crippen LogP) is 5.49. The molecule has 1 unspecified atom stereocenters. The Bertz CT molecular complexity index is 336. The van der Waals surface area contributed by atoms with Crippen molar-refractivity contribution >= 4 is 8.58 Å². The van der Waals surface area contributed by atoms with E-state index in [1.165, 1.54) is 31.8 Å². The highest BCUT2D eigenvalue weighted by molar-refractivity contribution is 7.40. The average molecular weight is 314 g/mol. The van der Waals surface area contributed by atoms with Gasteiger partial charge >= 0.3 is 0 Å². The van der Waals surface area contributed by atoms with Gasteiger partial charge in [-0.05, 0) is 71.9 Å². The van der Waals surface area contributed by atoms with Crippen LogP contribution in [0.3, 0.4) is 0 Å². The molecule has 2 nitrogen and oxygen atoms in total. The van der Waals surface area contributed by atoms with Gasteiger partial charge in [0.2, 0.25) is 0 Å². The predicted molar refractivity (Wildman–Crippen MR) is 92.6 cm³/mol. The molecule has 0 aromatic rings. The third-order valence-corrected chi connectivity index (χ3v) is 8.05. The van der Waals surface area contributed by atoms with Gasteiger partial charge in [-0.2, -0.15) is 0 Å². The van der Waals surface area contributed by atoms with Gasteiger partial charge < -0.3 is 9.47 Å². The minimum absolute atomic E-state index is 0.0204. The molecular weight excluding hydrogens is 279 g/mol. The molecular formula is C18H35O2P. The highest BCUT2D eigenvalue weighted by Gasteiger charge is 2.53. The van der Waals surface area contributed by atoms with Crippen LogP contribution in [0.2, 0.25) is 0 Å². The molecule has 3 heteroatoms. The smallest absolute Gasteiger partial charge is 0.0851 e. The van der Waals surface area contributed by atoms with Gasteiger partial charge in [0.25, 0.3) is 0 Å². The minimum Gasteiger partial charge on any atom is -0.369 e. The number of hydrogen-bond acceptors (Lipinski definition) is 2. The fourth-order valence-electron chi connectivity index (χ4n) is 3.58. The SMILES string of the molecule is CCC(C)(C)OC12CCC(OC(C)(CC)CC)(CC1)CP2. The average Bonchev–Trinajstić information content (AvgIpc) is 2.48. The van der Waals surface area contributed by atoms with Crippen molar-refractivity contribution in [2.24, 2.45) is 0 Å². The molecule has 0 aromatic carbocycles. The lowest BCUT2D eigenvalue weighted by Gasteiger charge is -2.56. The summed E-state index contributed by atoms with van der Waals surface area (Å²) in [6, 6.07) is 0. The topological polar surface area (TPSA) is 18.5 Å². The maximum absolute atomic E-state index is 6.70. The molecule has 0 aromatic heterocycles.